The van der Waals surface area contributed by atoms with Crippen LogP contribution in [-0.2, 0) is 9.53 Å². The number of nitrogens with one attached hydrogen (secondary N) is 2. The van der Waals surface area contributed by atoms with Gasteiger partial charge >= 0.3 is 5.97 Å². The number of benzene rings is 2. The number of esters is 1. The van der Waals surface area contributed by atoms with Crippen molar-refractivity contribution >= 4 is 17.6 Å². The van der Waals surface area contributed by atoms with E-state index in [4.69, 9.17) is 14.2 Å². The summed E-state index contributed by atoms with van der Waals surface area (Å²) < 4.78 is 15.4. The minimum absolute atomic E-state index is 0.118. The predicted molar refractivity (Wildman–Crippen MR) is 100 cm³/mol. The molecule has 0 saturated carbocycles. The van der Waals surface area contributed by atoms with Crippen molar-refractivity contribution < 1.29 is 23.8 Å². The molecule has 2 N–H and O–H groups in total. The molecular weight excluding hydrogens is 348 g/mol. The third-order valence-corrected chi connectivity index (χ3v) is 4.36. The van der Waals surface area contributed by atoms with Gasteiger partial charge in [-0.3, -0.25) is 4.79 Å². The number of carbonyl (C=O) groups is 2. The second kappa shape index (κ2) is 7.99. The largest absolute Gasteiger partial charge is 0.465 e. The number of carbonyl (C=O) groups excluding carboxylic acids is 2. The Morgan fingerprint density at radius 1 is 1.15 bits per heavy atom. The maximum Gasteiger partial charge on any atom is 0.337 e. The molecule has 0 spiro atoms. The summed E-state index contributed by atoms with van der Waals surface area (Å²) in [5.41, 5.74) is 3.05. The summed E-state index contributed by atoms with van der Waals surface area (Å²) in [4.78, 5) is 23.8. The Bertz CT molecular complexity index is 865. The summed E-state index contributed by atoms with van der Waals surface area (Å²) in [6.07, 6.45) is 0. The van der Waals surface area contributed by atoms with Crippen molar-refractivity contribution in [1.82, 2.24) is 5.32 Å². The van der Waals surface area contributed by atoms with Crippen LogP contribution in [0.2, 0.25) is 0 Å². The fourth-order valence-electron chi connectivity index (χ4n) is 2.84. The van der Waals surface area contributed by atoms with Gasteiger partial charge in [-0.15, -0.1) is 0 Å². The first kappa shape index (κ1) is 18.6. The fraction of sp³-hybridized carbons (Fsp3) is 0.300. The molecule has 27 heavy (non-hydrogen) atoms. The van der Waals surface area contributed by atoms with Gasteiger partial charge < -0.3 is 24.8 Å². The first-order valence-corrected chi connectivity index (χ1v) is 8.59. The van der Waals surface area contributed by atoms with Crippen LogP contribution in [-0.4, -0.2) is 32.3 Å². The SMILES string of the molecule is COC(=O)c1ccc(NCC(=O)N[C@@H](C)c2ccc3c(c2)OCO3)c(C)c1. The van der Waals surface area contributed by atoms with Crippen LogP contribution in [0.5, 0.6) is 11.5 Å². The van der Waals surface area contributed by atoms with Crippen molar-refractivity contribution in [2.24, 2.45) is 0 Å². The monoisotopic (exact) mass is 370 g/mol. The van der Waals surface area contributed by atoms with Crippen LogP contribution in [0.4, 0.5) is 5.69 Å². The van der Waals surface area contributed by atoms with Crippen molar-refractivity contribution in [3.63, 3.8) is 0 Å². The molecule has 0 radical (unpaired) electrons. The summed E-state index contributed by atoms with van der Waals surface area (Å²) in [5, 5.41) is 6.03. The lowest BCUT2D eigenvalue weighted by atomic mass is 10.1. The number of hydrogen-bond acceptors (Lipinski definition) is 6. The molecule has 3 rings (SSSR count). The molecule has 2 aromatic carbocycles. The number of rotatable bonds is 6. The molecule has 0 aromatic heterocycles. The molecule has 0 bridgehead atoms. The average Bonchev–Trinajstić information content (AvgIpc) is 3.14. The summed E-state index contributed by atoms with van der Waals surface area (Å²) in [5.74, 6) is 0.870. The number of hydrogen-bond donors (Lipinski definition) is 2. The van der Waals surface area contributed by atoms with Gasteiger partial charge in [0.05, 0.1) is 25.3 Å². The zero-order valence-corrected chi connectivity index (χ0v) is 15.5. The quantitative estimate of drug-likeness (QED) is 0.761. The first-order chi connectivity index (χ1) is 13.0. The van der Waals surface area contributed by atoms with Gasteiger partial charge in [-0.2, -0.15) is 0 Å². The van der Waals surface area contributed by atoms with E-state index in [0.29, 0.717) is 17.1 Å². The number of amides is 1. The zero-order valence-electron chi connectivity index (χ0n) is 15.5. The molecule has 1 aliphatic heterocycles. The molecule has 142 valence electrons. The molecule has 1 amide bonds. The smallest absolute Gasteiger partial charge is 0.337 e. The van der Waals surface area contributed by atoms with E-state index >= 15 is 0 Å². The van der Waals surface area contributed by atoms with Crippen LogP contribution < -0.4 is 20.1 Å². The van der Waals surface area contributed by atoms with E-state index in [2.05, 4.69) is 10.6 Å². The van der Waals surface area contributed by atoms with Gasteiger partial charge in [0.1, 0.15) is 0 Å². The highest BCUT2D eigenvalue weighted by Gasteiger charge is 2.17. The summed E-state index contributed by atoms with van der Waals surface area (Å²) in [6.45, 7) is 4.11. The van der Waals surface area contributed by atoms with Crippen LogP contribution in [0.1, 0.15) is 34.5 Å². The molecule has 2 aromatic rings. The minimum Gasteiger partial charge on any atom is -0.465 e. The van der Waals surface area contributed by atoms with Gasteiger partial charge in [-0.05, 0) is 55.3 Å². The Kier molecular flexibility index (Phi) is 5.49. The molecule has 1 aliphatic rings. The number of anilines is 1. The lowest BCUT2D eigenvalue weighted by Gasteiger charge is -2.16. The molecule has 7 nitrogen and oxygen atoms in total. The number of methoxy groups -OCH3 is 1. The van der Waals surface area contributed by atoms with Crippen molar-refractivity contribution in [2.45, 2.75) is 19.9 Å². The number of ether oxygens (including phenoxy) is 3. The maximum absolute atomic E-state index is 12.3. The highest BCUT2D eigenvalue weighted by molar-refractivity contribution is 5.90. The van der Waals surface area contributed by atoms with E-state index < -0.39 is 0 Å². The van der Waals surface area contributed by atoms with Crippen LogP contribution in [0.15, 0.2) is 36.4 Å². The molecule has 7 heteroatoms. The van der Waals surface area contributed by atoms with E-state index in [9.17, 15) is 9.59 Å². The second-order valence-electron chi connectivity index (χ2n) is 6.28. The van der Waals surface area contributed by atoms with Gasteiger partial charge in [0.25, 0.3) is 0 Å². The highest BCUT2D eigenvalue weighted by atomic mass is 16.7. The van der Waals surface area contributed by atoms with E-state index in [-0.39, 0.29) is 31.3 Å². The van der Waals surface area contributed by atoms with Crippen molar-refractivity contribution in [2.75, 3.05) is 25.8 Å². The Balaban J connectivity index is 1.56. The lowest BCUT2D eigenvalue weighted by molar-refractivity contribution is -0.120. The summed E-state index contributed by atoms with van der Waals surface area (Å²) in [6, 6.07) is 10.6. The van der Waals surface area contributed by atoms with Crippen LogP contribution >= 0.6 is 0 Å². The lowest BCUT2D eigenvalue weighted by Crippen LogP contribution is -2.32. The normalized spacial score (nSPS) is 13.0. The van der Waals surface area contributed by atoms with Gasteiger partial charge in [0, 0.05) is 5.69 Å². The number of aryl methyl sites for hydroxylation is 1. The average molecular weight is 370 g/mol. The van der Waals surface area contributed by atoms with Crippen molar-refractivity contribution in [3.05, 3.63) is 53.1 Å². The van der Waals surface area contributed by atoms with Crippen LogP contribution in [0, 0.1) is 6.92 Å². The fourth-order valence-corrected chi connectivity index (χ4v) is 2.84. The topological polar surface area (TPSA) is 85.9 Å². The summed E-state index contributed by atoms with van der Waals surface area (Å²) in [7, 11) is 1.34. The number of fused-ring (bicyclic) bond motifs is 1. The van der Waals surface area contributed by atoms with Gasteiger partial charge in [0.2, 0.25) is 12.7 Å². The van der Waals surface area contributed by atoms with Crippen LogP contribution in [0.3, 0.4) is 0 Å². The Hall–Kier alpha value is -3.22. The second-order valence-corrected chi connectivity index (χ2v) is 6.28. The van der Waals surface area contributed by atoms with Gasteiger partial charge in [-0.1, -0.05) is 6.07 Å². The van der Waals surface area contributed by atoms with Crippen molar-refractivity contribution in [3.8, 4) is 11.5 Å². The molecule has 0 saturated heterocycles. The Morgan fingerprint density at radius 2 is 1.93 bits per heavy atom. The molecule has 0 aliphatic carbocycles. The van der Waals surface area contributed by atoms with Crippen LogP contribution in [0.25, 0.3) is 0 Å². The molecular formula is C20H22N2O5. The first-order valence-electron chi connectivity index (χ1n) is 8.59. The van der Waals surface area contributed by atoms with Crippen molar-refractivity contribution in [1.29, 1.82) is 0 Å². The molecule has 1 heterocycles. The van der Waals surface area contributed by atoms with E-state index in [1.165, 1.54) is 7.11 Å². The molecule has 1 atom stereocenters. The van der Waals surface area contributed by atoms with Gasteiger partial charge in [-0.25, -0.2) is 4.79 Å². The zero-order chi connectivity index (χ0) is 19.4. The minimum atomic E-state index is -0.389. The Morgan fingerprint density at radius 3 is 2.67 bits per heavy atom. The maximum atomic E-state index is 12.3. The molecule has 0 unspecified atom stereocenters. The highest BCUT2D eigenvalue weighted by Crippen LogP contribution is 2.34. The van der Waals surface area contributed by atoms with E-state index in [1.807, 2.05) is 32.0 Å². The van der Waals surface area contributed by atoms with E-state index in [1.54, 1.807) is 18.2 Å². The standard InChI is InChI=1S/C20H22N2O5/c1-12-8-15(20(24)25-3)4-6-16(12)21-10-19(23)22-13(2)14-5-7-17-18(9-14)27-11-26-17/h4-9,13,21H,10-11H2,1-3H3,(H,22,23)/t13-/m0/s1. The third-order valence-electron chi connectivity index (χ3n) is 4.36. The summed E-state index contributed by atoms with van der Waals surface area (Å²) >= 11 is 0. The van der Waals surface area contributed by atoms with E-state index in [0.717, 1.165) is 16.8 Å². The molecule has 0 fully saturated rings. The third kappa shape index (κ3) is 4.31. The predicted octanol–water partition coefficient (Wildman–Crippen LogP) is 2.80. The Labute approximate surface area is 157 Å². The van der Waals surface area contributed by atoms with Gasteiger partial charge in [0.15, 0.2) is 11.5 Å².